The smallest absolute Gasteiger partial charge is 0.243 e. The Balaban J connectivity index is 0.00000162. The molecule has 2 N–H and O–H groups in total. The van der Waals surface area contributed by atoms with Crippen molar-refractivity contribution in [1.82, 2.24) is 15.2 Å². The number of hydrogen-bond donors (Lipinski definition) is 2. The van der Waals surface area contributed by atoms with E-state index in [1.807, 2.05) is 11.9 Å². The average Bonchev–Trinajstić information content (AvgIpc) is 2.74. The van der Waals surface area contributed by atoms with Gasteiger partial charge in [-0.2, -0.15) is 0 Å². The minimum absolute atomic E-state index is 0. The van der Waals surface area contributed by atoms with Crippen molar-refractivity contribution in [3.05, 3.63) is 24.5 Å². The lowest BCUT2D eigenvalue weighted by atomic mass is 10.4. The summed E-state index contributed by atoms with van der Waals surface area (Å²) < 4.78 is 0. The fourth-order valence-electron chi connectivity index (χ4n) is 1.52. The summed E-state index contributed by atoms with van der Waals surface area (Å²) in [6, 6.07) is 3.57. The lowest BCUT2D eigenvalue weighted by Gasteiger charge is -2.14. The Hall–Kier alpha value is -1.38. The van der Waals surface area contributed by atoms with E-state index in [2.05, 4.69) is 20.6 Å². The summed E-state index contributed by atoms with van der Waals surface area (Å²) >= 11 is 0. The van der Waals surface area contributed by atoms with Crippen LogP contribution in [0.3, 0.4) is 0 Å². The molecule has 0 saturated heterocycles. The zero-order valence-corrected chi connectivity index (χ0v) is 12.4. The van der Waals surface area contributed by atoms with E-state index in [0.717, 1.165) is 19.0 Å². The Morgan fingerprint density at radius 3 is 3.00 bits per heavy atom. The van der Waals surface area contributed by atoms with Gasteiger partial charge in [-0.3, -0.25) is 14.8 Å². The SMILES string of the molecule is CN1CCN=C1NCC(=O)Nc1cccnc1.I. The Labute approximate surface area is 123 Å². The van der Waals surface area contributed by atoms with Crippen LogP contribution in [0.15, 0.2) is 29.5 Å². The van der Waals surface area contributed by atoms with Gasteiger partial charge in [0.15, 0.2) is 5.96 Å². The van der Waals surface area contributed by atoms with E-state index in [0.29, 0.717) is 5.69 Å². The molecule has 0 spiro atoms. The molecule has 0 aliphatic carbocycles. The molecule has 0 aromatic carbocycles. The van der Waals surface area contributed by atoms with Crippen LogP contribution in [0.25, 0.3) is 0 Å². The highest BCUT2D eigenvalue weighted by Gasteiger charge is 2.12. The van der Waals surface area contributed by atoms with Gasteiger partial charge in [0.1, 0.15) is 0 Å². The number of guanidine groups is 1. The first-order valence-corrected chi connectivity index (χ1v) is 5.45. The second-order valence-electron chi connectivity index (χ2n) is 3.77. The van der Waals surface area contributed by atoms with Gasteiger partial charge in [-0.05, 0) is 12.1 Å². The first-order chi connectivity index (χ1) is 8.25. The Morgan fingerprint density at radius 1 is 1.56 bits per heavy atom. The number of likely N-dealkylation sites (N-methyl/N-ethyl adjacent to an activating group) is 1. The molecule has 2 rings (SSSR count). The predicted molar refractivity (Wildman–Crippen MR) is 81.2 cm³/mol. The molecule has 0 unspecified atom stereocenters. The monoisotopic (exact) mass is 361 g/mol. The molecule has 1 amide bonds. The van der Waals surface area contributed by atoms with Crippen LogP contribution in [0.1, 0.15) is 0 Å². The van der Waals surface area contributed by atoms with Crippen LogP contribution < -0.4 is 10.6 Å². The molecule has 0 saturated carbocycles. The second-order valence-corrected chi connectivity index (χ2v) is 3.77. The number of aromatic nitrogens is 1. The molecule has 1 aliphatic rings. The lowest BCUT2D eigenvalue weighted by molar-refractivity contribution is -0.115. The number of nitrogens with one attached hydrogen (secondary N) is 2. The largest absolute Gasteiger partial charge is 0.347 e. The number of rotatable bonds is 3. The van der Waals surface area contributed by atoms with E-state index in [4.69, 9.17) is 0 Å². The van der Waals surface area contributed by atoms with E-state index in [1.165, 1.54) is 0 Å². The van der Waals surface area contributed by atoms with Crippen LogP contribution in [0.2, 0.25) is 0 Å². The molecule has 0 bridgehead atoms. The second kappa shape index (κ2) is 7.14. The van der Waals surface area contributed by atoms with Crippen LogP contribution in [-0.2, 0) is 4.79 Å². The van der Waals surface area contributed by atoms with Crippen LogP contribution in [-0.4, -0.2) is 48.4 Å². The molecule has 6 nitrogen and oxygen atoms in total. The van der Waals surface area contributed by atoms with E-state index in [1.54, 1.807) is 24.5 Å². The van der Waals surface area contributed by atoms with Crippen molar-refractivity contribution >= 4 is 41.5 Å². The van der Waals surface area contributed by atoms with Crippen molar-refractivity contribution in [2.24, 2.45) is 4.99 Å². The van der Waals surface area contributed by atoms with E-state index >= 15 is 0 Å². The van der Waals surface area contributed by atoms with E-state index < -0.39 is 0 Å². The highest BCUT2D eigenvalue weighted by atomic mass is 127. The summed E-state index contributed by atoms with van der Waals surface area (Å²) in [6.45, 7) is 1.88. The Morgan fingerprint density at radius 2 is 2.39 bits per heavy atom. The van der Waals surface area contributed by atoms with Crippen molar-refractivity contribution < 1.29 is 4.79 Å². The van der Waals surface area contributed by atoms with Gasteiger partial charge in [-0.15, -0.1) is 24.0 Å². The van der Waals surface area contributed by atoms with Gasteiger partial charge >= 0.3 is 0 Å². The predicted octanol–water partition coefficient (Wildman–Crippen LogP) is 0.529. The first kappa shape index (κ1) is 14.7. The fraction of sp³-hybridized carbons (Fsp3) is 0.364. The highest BCUT2D eigenvalue weighted by molar-refractivity contribution is 14.0. The van der Waals surface area contributed by atoms with Gasteiger partial charge in [-0.1, -0.05) is 0 Å². The van der Waals surface area contributed by atoms with Gasteiger partial charge in [0, 0.05) is 19.8 Å². The quantitative estimate of drug-likeness (QED) is 0.771. The topological polar surface area (TPSA) is 69.6 Å². The third kappa shape index (κ3) is 4.13. The molecule has 0 atom stereocenters. The zero-order valence-electron chi connectivity index (χ0n) is 10.1. The maximum atomic E-state index is 11.6. The standard InChI is InChI=1S/C11H15N5O.HI/c1-16-6-5-13-11(16)14-8-10(17)15-9-3-2-4-12-7-9;/h2-4,7H,5-6,8H2,1H3,(H,13,14)(H,15,17);1H. The van der Waals surface area contributed by atoms with Crippen molar-refractivity contribution in [3.8, 4) is 0 Å². The molecule has 0 radical (unpaired) electrons. The maximum absolute atomic E-state index is 11.6. The number of nitrogens with zero attached hydrogens (tertiary/aromatic N) is 3. The van der Waals surface area contributed by atoms with Crippen LogP contribution in [0, 0.1) is 0 Å². The van der Waals surface area contributed by atoms with Gasteiger partial charge in [0.25, 0.3) is 0 Å². The Kier molecular flexibility index (Phi) is 5.83. The van der Waals surface area contributed by atoms with Crippen LogP contribution in [0.4, 0.5) is 5.69 Å². The molecule has 98 valence electrons. The minimum Gasteiger partial charge on any atom is -0.347 e. The number of carbonyl (C=O) groups excluding carboxylic acids is 1. The first-order valence-electron chi connectivity index (χ1n) is 5.45. The molecule has 1 aliphatic heterocycles. The Bertz CT molecular complexity index is 423. The summed E-state index contributed by atoms with van der Waals surface area (Å²) in [7, 11) is 1.94. The highest BCUT2D eigenvalue weighted by Crippen LogP contribution is 2.01. The number of aliphatic imine (C=N–C) groups is 1. The number of anilines is 1. The summed E-state index contributed by atoms with van der Waals surface area (Å²) in [5.41, 5.74) is 0.695. The number of carbonyl (C=O) groups is 1. The van der Waals surface area contributed by atoms with E-state index in [9.17, 15) is 4.79 Å². The number of pyridine rings is 1. The van der Waals surface area contributed by atoms with Gasteiger partial charge in [-0.25, -0.2) is 0 Å². The van der Waals surface area contributed by atoms with Crippen molar-refractivity contribution in [2.45, 2.75) is 0 Å². The number of hydrogen-bond acceptors (Lipinski definition) is 5. The maximum Gasteiger partial charge on any atom is 0.243 e. The molecular formula is C11H16IN5O. The van der Waals surface area contributed by atoms with Crippen molar-refractivity contribution in [2.75, 3.05) is 32.0 Å². The van der Waals surface area contributed by atoms with Crippen LogP contribution >= 0.6 is 24.0 Å². The zero-order chi connectivity index (χ0) is 12.1. The normalized spacial score (nSPS) is 13.6. The summed E-state index contributed by atoms with van der Waals surface area (Å²) in [5.74, 6) is 0.660. The third-order valence-electron chi connectivity index (χ3n) is 2.41. The molecule has 2 heterocycles. The molecule has 1 aromatic heterocycles. The molecule has 18 heavy (non-hydrogen) atoms. The van der Waals surface area contributed by atoms with Crippen molar-refractivity contribution in [3.63, 3.8) is 0 Å². The molecule has 7 heteroatoms. The fourth-order valence-corrected chi connectivity index (χ4v) is 1.52. The van der Waals surface area contributed by atoms with Crippen molar-refractivity contribution in [1.29, 1.82) is 0 Å². The third-order valence-corrected chi connectivity index (χ3v) is 2.41. The van der Waals surface area contributed by atoms with Gasteiger partial charge in [0.2, 0.25) is 5.91 Å². The average molecular weight is 361 g/mol. The molecular weight excluding hydrogens is 345 g/mol. The number of amides is 1. The summed E-state index contributed by atoms with van der Waals surface area (Å²) in [6.07, 6.45) is 3.27. The summed E-state index contributed by atoms with van der Waals surface area (Å²) in [5, 5.41) is 5.74. The minimum atomic E-state index is -0.110. The molecule has 0 fully saturated rings. The lowest BCUT2D eigenvalue weighted by Crippen LogP contribution is -2.39. The van der Waals surface area contributed by atoms with Gasteiger partial charge < -0.3 is 15.5 Å². The summed E-state index contributed by atoms with van der Waals surface area (Å²) in [4.78, 5) is 21.7. The van der Waals surface area contributed by atoms with E-state index in [-0.39, 0.29) is 36.4 Å². The van der Waals surface area contributed by atoms with Gasteiger partial charge in [0.05, 0.1) is 25.0 Å². The number of halogens is 1. The molecule has 1 aromatic rings. The van der Waals surface area contributed by atoms with Crippen LogP contribution in [0.5, 0.6) is 0 Å².